The molecule has 56 valence electrons. The molecule has 1 atom stereocenters. The van der Waals surface area contributed by atoms with Crippen molar-refractivity contribution in [3.63, 3.8) is 0 Å². The summed E-state index contributed by atoms with van der Waals surface area (Å²) in [5.41, 5.74) is 0. The molecule has 1 heterocycles. The van der Waals surface area contributed by atoms with Crippen LogP contribution in [0, 0.1) is 0 Å². The highest BCUT2D eigenvalue weighted by Crippen LogP contribution is 2.00. The van der Waals surface area contributed by atoms with Gasteiger partial charge >= 0.3 is 0 Å². The summed E-state index contributed by atoms with van der Waals surface area (Å²) in [7, 11) is 0. The molecule has 0 aromatic carbocycles. The summed E-state index contributed by atoms with van der Waals surface area (Å²) in [6, 6.07) is 0. The van der Waals surface area contributed by atoms with E-state index in [0.29, 0.717) is 5.25 Å². The average molecular weight is 157 g/mol. The molecule has 0 radical (unpaired) electrons. The summed E-state index contributed by atoms with van der Waals surface area (Å²) in [4.78, 5) is 0. The minimum atomic E-state index is 0.447. The van der Waals surface area contributed by atoms with Crippen molar-refractivity contribution in [2.75, 3.05) is 0 Å². The van der Waals surface area contributed by atoms with E-state index in [2.05, 4.69) is 29.7 Å². The third-order valence-electron chi connectivity index (χ3n) is 1.27. The SMILES string of the molecule is CC(S)CCn1cnnc1. The van der Waals surface area contributed by atoms with Crippen LogP contribution in [0.15, 0.2) is 12.7 Å². The number of hydrogen-bond acceptors (Lipinski definition) is 3. The highest BCUT2D eigenvalue weighted by atomic mass is 32.1. The number of hydrogen-bond donors (Lipinski definition) is 1. The molecule has 1 rings (SSSR count). The van der Waals surface area contributed by atoms with E-state index in [0.717, 1.165) is 13.0 Å². The van der Waals surface area contributed by atoms with E-state index in [1.807, 2.05) is 4.57 Å². The maximum atomic E-state index is 4.26. The monoisotopic (exact) mass is 157 g/mol. The molecule has 0 aliphatic carbocycles. The van der Waals surface area contributed by atoms with Crippen molar-refractivity contribution in [3.05, 3.63) is 12.7 Å². The van der Waals surface area contributed by atoms with Crippen LogP contribution in [-0.4, -0.2) is 20.0 Å². The Morgan fingerprint density at radius 2 is 2.10 bits per heavy atom. The van der Waals surface area contributed by atoms with Crippen LogP contribution >= 0.6 is 12.6 Å². The van der Waals surface area contributed by atoms with Crippen LogP contribution in [0.1, 0.15) is 13.3 Å². The fraction of sp³-hybridized carbons (Fsp3) is 0.667. The summed E-state index contributed by atoms with van der Waals surface area (Å²) in [5, 5.41) is 7.82. The largest absolute Gasteiger partial charge is 0.320 e. The van der Waals surface area contributed by atoms with Gasteiger partial charge in [-0.2, -0.15) is 12.6 Å². The summed E-state index contributed by atoms with van der Waals surface area (Å²) in [6.07, 6.45) is 4.49. The summed E-state index contributed by atoms with van der Waals surface area (Å²) < 4.78 is 1.95. The molecule has 0 bridgehead atoms. The summed E-state index contributed by atoms with van der Waals surface area (Å²) >= 11 is 4.26. The van der Waals surface area contributed by atoms with Gasteiger partial charge in [-0.15, -0.1) is 10.2 Å². The van der Waals surface area contributed by atoms with E-state index in [9.17, 15) is 0 Å². The van der Waals surface area contributed by atoms with E-state index >= 15 is 0 Å². The molecule has 1 aromatic rings. The van der Waals surface area contributed by atoms with Gasteiger partial charge in [0.2, 0.25) is 0 Å². The van der Waals surface area contributed by atoms with Crippen molar-refractivity contribution in [2.24, 2.45) is 0 Å². The zero-order valence-corrected chi connectivity index (χ0v) is 6.83. The molecule has 0 saturated heterocycles. The van der Waals surface area contributed by atoms with Crippen molar-refractivity contribution in [1.82, 2.24) is 14.8 Å². The lowest BCUT2D eigenvalue weighted by Gasteiger charge is -2.02. The number of aromatic nitrogens is 3. The highest BCUT2D eigenvalue weighted by molar-refractivity contribution is 7.80. The van der Waals surface area contributed by atoms with Crippen molar-refractivity contribution in [2.45, 2.75) is 25.1 Å². The zero-order chi connectivity index (χ0) is 7.40. The second kappa shape index (κ2) is 3.61. The first-order valence-electron chi connectivity index (χ1n) is 3.29. The molecule has 3 nitrogen and oxygen atoms in total. The minimum absolute atomic E-state index is 0.447. The minimum Gasteiger partial charge on any atom is -0.320 e. The Balaban J connectivity index is 2.28. The Hall–Kier alpha value is -0.510. The highest BCUT2D eigenvalue weighted by Gasteiger charge is 1.94. The number of rotatable bonds is 3. The van der Waals surface area contributed by atoms with Crippen molar-refractivity contribution in [1.29, 1.82) is 0 Å². The lowest BCUT2D eigenvalue weighted by Crippen LogP contribution is -2.00. The van der Waals surface area contributed by atoms with Crippen LogP contribution in [0.2, 0.25) is 0 Å². The van der Waals surface area contributed by atoms with Crippen LogP contribution in [0.3, 0.4) is 0 Å². The molecule has 0 spiro atoms. The molecule has 0 amide bonds. The predicted molar refractivity (Wildman–Crippen MR) is 43.1 cm³/mol. The smallest absolute Gasteiger partial charge is 0.119 e. The molecule has 4 heteroatoms. The van der Waals surface area contributed by atoms with Crippen molar-refractivity contribution < 1.29 is 0 Å². The van der Waals surface area contributed by atoms with Gasteiger partial charge in [0.15, 0.2) is 0 Å². The predicted octanol–water partition coefficient (Wildman–Crippen LogP) is 0.986. The van der Waals surface area contributed by atoms with Crippen molar-refractivity contribution >= 4 is 12.6 Å². The topological polar surface area (TPSA) is 30.7 Å². The Labute approximate surface area is 65.9 Å². The molecular weight excluding hydrogens is 146 g/mol. The number of thiol groups is 1. The van der Waals surface area contributed by atoms with E-state index in [1.165, 1.54) is 0 Å². The fourth-order valence-corrected chi connectivity index (χ4v) is 0.789. The van der Waals surface area contributed by atoms with E-state index in [-0.39, 0.29) is 0 Å². The molecular formula is C6H11N3S. The van der Waals surface area contributed by atoms with Crippen LogP contribution < -0.4 is 0 Å². The van der Waals surface area contributed by atoms with Gasteiger partial charge in [-0.05, 0) is 6.42 Å². The van der Waals surface area contributed by atoms with Gasteiger partial charge in [0.25, 0.3) is 0 Å². The molecule has 1 unspecified atom stereocenters. The average Bonchev–Trinajstić information content (AvgIpc) is 2.34. The molecule has 0 fully saturated rings. The first kappa shape index (κ1) is 7.60. The third-order valence-corrected chi connectivity index (χ3v) is 1.53. The lowest BCUT2D eigenvalue weighted by atomic mass is 10.3. The molecule has 0 saturated carbocycles. The Morgan fingerprint density at radius 1 is 1.50 bits per heavy atom. The molecule has 0 aliphatic heterocycles. The van der Waals surface area contributed by atoms with E-state index < -0.39 is 0 Å². The van der Waals surface area contributed by atoms with Gasteiger partial charge in [0, 0.05) is 11.8 Å². The number of nitrogens with zero attached hydrogens (tertiary/aromatic N) is 3. The normalized spacial score (nSPS) is 13.4. The maximum absolute atomic E-state index is 4.26. The van der Waals surface area contributed by atoms with Crippen LogP contribution in [-0.2, 0) is 6.54 Å². The summed E-state index contributed by atoms with van der Waals surface area (Å²) in [5.74, 6) is 0. The van der Waals surface area contributed by atoms with Crippen LogP contribution in [0.4, 0.5) is 0 Å². The molecule has 1 aromatic heterocycles. The maximum Gasteiger partial charge on any atom is 0.119 e. The van der Waals surface area contributed by atoms with Crippen LogP contribution in [0.25, 0.3) is 0 Å². The second-order valence-electron chi connectivity index (χ2n) is 2.34. The van der Waals surface area contributed by atoms with Crippen LogP contribution in [0.5, 0.6) is 0 Å². The molecule has 0 N–H and O–H groups in total. The van der Waals surface area contributed by atoms with Gasteiger partial charge in [-0.1, -0.05) is 6.92 Å². The lowest BCUT2D eigenvalue weighted by molar-refractivity contribution is 0.639. The van der Waals surface area contributed by atoms with Crippen molar-refractivity contribution in [3.8, 4) is 0 Å². The second-order valence-corrected chi connectivity index (χ2v) is 3.22. The number of aryl methyl sites for hydroxylation is 1. The first-order chi connectivity index (χ1) is 4.79. The Morgan fingerprint density at radius 3 is 2.60 bits per heavy atom. The molecule has 10 heavy (non-hydrogen) atoms. The summed E-state index contributed by atoms with van der Waals surface area (Å²) in [6.45, 7) is 3.03. The van der Waals surface area contributed by atoms with Gasteiger partial charge in [-0.3, -0.25) is 0 Å². The fourth-order valence-electron chi connectivity index (χ4n) is 0.673. The quantitative estimate of drug-likeness (QED) is 0.663. The van der Waals surface area contributed by atoms with E-state index in [1.54, 1.807) is 12.7 Å². The van der Waals surface area contributed by atoms with Gasteiger partial charge < -0.3 is 4.57 Å². The standard InChI is InChI=1S/C6H11N3S/c1-6(10)2-3-9-4-7-8-5-9/h4-6,10H,2-3H2,1H3. The van der Waals surface area contributed by atoms with Gasteiger partial charge in [-0.25, -0.2) is 0 Å². The third kappa shape index (κ3) is 2.39. The molecule has 0 aliphatic rings. The Bertz CT molecular complexity index is 171. The van der Waals surface area contributed by atoms with Gasteiger partial charge in [0.1, 0.15) is 12.7 Å². The Kier molecular flexibility index (Phi) is 2.74. The first-order valence-corrected chi connectivity index (χ1v) is 3.81. The zero-order valence-electron chi connectivity index (χ0n) is 5.94. The van der Waals surface area contributed by atoms with Gasteiger partial charge in [0.05, 0.1) is 0 Å². The van der Waals surface area contributed by atoms with E-state index in [4.69, 9.17) is 0 Å².